The highest BCUT2D eigenvalue weighted by atomic mass is 35.5. The number of carbonyl (C=O) groups is 1. The van der Waals surface area contributed by atoms with Crippen molar-refractivity contribution < 1.29 is 14.6 Å². The first-order valence-electron chi connectivity index (χ1n) is 5.66. The summed E-state index contributed by atoms with van der Waals surface area (Å²) in [6.07, 6.45) is 1.42. The van der Waals surface area contributed by atoms with Crippen LogP contribution in [0, 0.1) is 11.3 Å². The van der Waals surface area contributed by atoms with Gasteiger partial charge in [0.2, 0.25) is 5.95 Å². The Morgan fingerprint density at radius 2 is 2.29 bits per heavy atom. The summed E-state index contributed by atoms with van der Waals surface area (Å²) in [6, 6.07) is 6.03. The van der Waals surface area contributed by atoms with Crippen LogP contribution in [-0.2, 0) is 0 Å². The van der Waals surface area contributed by atoms with Gasteiger partial charge in [0.15, 0.2) is 0 Å². The normalized spacial score (nSPS) is 9.76. The predicted molar refractivity (Wildman–Crippen MR) is 75.0 cm³/mol. The van der Waals surface area contributed by atoms with Crippen LogP contribution in [0.3, 0.4) is 0 Å². The van der Waals surface area contributed by atoms with Gasteiger partial charge in [-0.05, 0) is 12.1 Å². The summed E-state index contributed by atoms with van der Waals surface area (Å²) in [5.41, 5.74) is 0.506. The Hall–Kier alpha value is -2.85. The van der Waals surface area contributed by atoms with Gasteiger partial charge in [-0.3, -0.25) is 0 Å². The van der Waals surface area contributed by atoms with E-state index in [0.29, 0.717) is 5.69 Å². The molecule has 0 aliphatic rings. The molecule has 0 unspecified atom stereocenters. The van der Waals surface area contributed by atoms with Gasteiger partial charge in [0.1, 0.15) is 23.1 Å². The number of halogens is 1. The number of aromatic nitrogens is 2. The van der Waals surface area contributed by atoms with E-state index in [9.17, 15) is 4.79 Å². The number of nitrogens with one attached hydrogen (secondary N) is 1. The summed E-state index contributed by atoms with van der Waals surface area (Å²) in [4.78, 5) is 19.0. The van der Waals surface area contributed by atoms with E-state index < -0.39 is 5.97 Å². The molecule has 7 nitrogen and oxygen atoms in total. The molecule has 106 valence electrons. The lowest BCUT2D eigenvalue weighted by atomic mass is 10.2. The lowest BCUT2D eigenvalue weighted by molar-refractivity contribution is 0.0693. The number of hydrogen-bond acceptors (Lipinski definition) is 6. The maximum Gasteiger partial charge on any atom is 0.339 e. The molecule has 21 heavy (non-hydrogen) atoms. The highest BCUT2D eigenvalue weighted by Crippen LogP contribution is 2.32. The maximum absolute atomic E-state index is 11.1. The van der Waals surface area contributed by atoms with Crippen LogP contribution >= 0.6 is 11.6 Å². The third kappa shape index (κ3) is 3.19. The molecule has 0 saturated heterocycles. The molecule has 0 bridgehead atoms. The van der Waals surface area contributed by atoms with E-state index in [1.807, 2.05) is 6.07 Å². The van der Waals surface area contributed by atoms with Gasteiger partial charge in [-0.1, -0.05) is 11.6 Å². The van der Waals surface area contributed by atoms with Crippen LogP contribution in [0.25, 0.3) is 0 Å². The molecule has 0 atom stereocenters. The van der Waals surface area contributed by atoms with Crippen molar-refractivity contribution in [2.75, 3.05) is 12.4 Å². The quantitative estimate of drug-likeness (QED) is 0.893. The Labute approximate surface area is 124 Å². The van der Waals surface area contributed by atoms with E-state index >= 15 is 0 Å². The smallest absolute Gasteiger partial charge is 0.339 e. The SMILES string of the molecule is COc1cc(Nc2nccc(C#N)n2)c(Cl)cc1C(=O)O. The molecule has 0 fully saturated rings. The van der Waals surface area contributed by atoms with Gasteiger partial charge in [0.25, 0.3) is 0 Å². The summed E-state index contributed by atoms with van der Waals surface area (Å²) >= 11 is 6.02. The second-order valence-electron chi connectivity index (χ2n) is 3.84. The number of nitriles is 1. The zero-order chi connectivity index (χ0) is 15.4. The zero-order valence-corrected chi connectivity index (χ0v) is 11.5. The molecular weight excluding hydrogens is 296 g/mol. The number of anilines is 2. The first kappa shape index (κ1) is 14.6. The first-order chi connectivity index (χ1) is 10.0. The fourth-order valence-electron chi connectivity index (χ4n) is 1.59. The molecular formula is C13H9ClN4O3. The van der Waals surface area contributed by atoms with Crippen LogP contribution < -0.4 is 10.1 Å². The highest BCUT2D eigenvalue weighted by molar-refractivity contribution is 6.33. The van der Waals surface area contributed by atoms with E-state index in [4.69, 9.17) is 26.7 Å². The number of rotatable bonds is 4. The molecule has 0 spiro atoms. The molecule has 1 aromatic heterocycles. The molecule has 2 N–H and O–H groups in total. The lowest BCUT2D eigenvalue weighted by Gasteiger charge is -2.11. The Bertz CT molecular complexity index is 743. The van der Waals surface area contributed by atoms with Crippen molar-refractivity contribution in [1.82, 2.24) is 9.97 Å². The van der Waals surface area contributed by atoms with Crippen LogP contribution in [0.15, 0.2) is 24.4 Å². The van der Waals surface area contributed by atoms with Crippen molar-refractivity contribution in [3.63, 3.8) is 0 Å². The number of hydrogen-bond donors (Lipinski definition) is 2. The lowest BCUT2D eigenvalue weighted by Crippen LogP contribution is -2.03. The average Bonchev–Trinajstić information content (AvgIpc) is 2.49. The summed E-state index contributed by atoms with van der Waals surface area (Å²) in [7, 11) is 1.35. The van der Waals surface area contributed by atoms with Crippen LogP contribution in [0.4, 0.5) is 11.6 Å². The van der Waals surface area contributed by atoms with Crippen LogP contribution in [0.2, 0.25) is 5.02 Å². The number of nitrogens with zero attached hydrogens (tertiary/aromatic N) is 3. The van der Waals surface area contributed by atoms with Crippen LogP contribution in [-0.4, -0.2) is 28.2 Å². The molecule has 0 saturated carbocycles. The fourth-order valence-corrected chi connectivity index (χ4v) is 1.80. The number of ether oxygens (including phenoxy) is 1. The second-order valence-corrected chi connectivity index (χ2v) is 4.25. The van der Waals surface area contributed by atoms with E-state index in [1.54, 1.807) is 0 Å². The fraction of sp³-hybridized carbons (Fsp3) is 0.0769. The first-order valence-corrected chi connectivity index (χ1v) is 6.04. The minimum absolute atomic E-state index is 0.0558. The minimum Gasteiger partial charge on any atom is -0.496 e. The molecule has 0 aliphatic carbocycles. The Kier molecular flexibility index (Phi) is 4.21. The molecule has 2 aromatic rings. The van der Waals surface area contributed by atoms with Gasteiger partial charge in [0, 0.05) is 12.3 Å². The standard InChI is InChI=1S/C13H9ClN4O3/c1-21-11-5-10(9(14)4-8(11)12(19)20)18-13-16-3-2-7(6-15)17-13/h2-5H,1H3,(H,19,20)(H,16,17,18). The second kappa shape index (κ2) is 6.07. The number of benzene rings is 1. The molecule has 0 aliphatic heterocycles. The van der Waals surface area contributed by atoms with Gasteiger partial charge < -0.3 is 15.2 Å². The predicted octanol–water partition coefficient (Wildman–Crippen LogP) is 2.45. The number of carboxylic acids is 1. The van der Waals surface area contributed by atoms with Crippen LogP contribution in [0.1, 0.15) is 16.1 Å². The average molecular weight is 305 g/mol. The van der Waals surface area contributed by atoms with E-state index in [0.717, 1.165) is 0 Å². The third-order valence-electron chi connectivity index (χ3n) is 2.54. The maximum atomic E-state index is 11.1. The van der Waals surface area contributed by atoms with Crippen molar-refractivity contribution in [2.24, 2.45) is 0 Å². The van der Waals surface area contributed by atoms with Gasteiger partial charge in [-0.25, -0.2) is 14.8 Å². The van der Waals surface area contributed by atoms with Gasteiger partial charge in [-0.2, -0.15) is 5.26 Å². The monoisotopic (exact) mass is 304 g/mol. The topological polar surface area (TPSA) is 108 Å². The van der Waals surface area contributed by atoms with Crippen molar-refractivity contribution in [2.45, 2.75) is 0 Å². The van der Waals surface area contributed by atoms with Gasteiger partial charge >= 0.3 is 5.97 Å². The van der Waals surface area contributed by atoms with E-state index in [2.05, 4.69) is 15.3 Å². The number of carboxylic acid groups (broad SMARTS) is 1. The molecule has 8 heteroatoms. The Morgan fingerprint density at radius 1 is 1.52 bits per heavy atom. The Balaban J connectivity index is 2.40. The van der Waals surface area contributed by atoms with Crippen LogP contribution in [0.5, 0.6) is 5.75 Å². The molecule has 1 heterocycles. The van der Waals surface area contributed by atoms with Crippen molar-refractivity contribution in [3.8, 4) is 11.8 Å². The third-order valence-corrected chi connectivity index (χ3v) is 2.85. The van der Waals surface area contributed by atoms with Crippen molar-refractivity contribution in [1.29, 1.82) is 5.26 Å². The highest BCUT2D eigenvalue weighted by Gasteiger charge is 2.15. The summed E-state index contributed by atoms with van der Waals surface area (Å²) in [5.74, 6) is -0.838. The molecule has 0 amide bonds. The molecule has 2 rings (SSSR count). The largest absolute Gasteiger partial charge is 0.496 e. The number of aromatic carboxylic acids is 1. The zero-order valence-electron chi connectivity index (χ0n) is 10.8. The van der Waals surface area contributed by atoms with Crippen molar-refractivity contribution >= 4 is 29.2 Å². The molecule has 1 aromatic carbocycles. The van der Waals surface area contributed by atoms with Gasteiger partial charge in [-0.15, -0.1) is 0 Å². The molecule has 0 radical (unpaired) electrons. The summed E-state index contributed by atoms with van der Waals surface area (Å²) in [5, 5.41) is 20.8. The summed E-state index contributed by atoms with van der Waals surface area (Å²) in [6.45, 7) is 0. The van der Waals surface area contributed by atoms with E-state index in [-0.39, 0.29) is 28.0 Å². The Morgan fingerprint density at radius 3 is 2.90 bits per heavy atom. The van der Waals surface area contributed by atoms with Gasteiger partial charge in [0.05, 0.1) is 17.8 Å². The summed E-state index contributed by atoms with van der Waals surface area (Å²) < 4.78 is 5.01. The number of methoxy groups -OCH3 is 1. The van der Waals surface area contributed by atoms with Crippen molar-refractivity contribution in [3.05, 3.63) is 40.7 Å². The van der Waals surface area contributed by atoms with E-state index in [1.165, 1.54) is 31.5 Å². The minimum atomic E-state index is -1.15.